The second-order valence-corrected chi connectivity index (χ2v) is 8.36. The van der Waals surface area contributed by atoms with E-state index in [1.165, 1.54) is 30.0 Å². The molecule has 0 saturated carbocycles. The molecule has 0 spiro atoms. The minimum Gasteiger partial charge on any atom is -0.507 e. The number of hydrogen-bond acceptors (Lipinski definition) is 7. The molecule has 1 saturated heterocycles. The summed E-state index contributed by atoms with van der Waals surface area (Å²) in [6.07, 6.45) is 1.55. The Bertz CT molecular complexity index is 1110. The third kappa shape index (κ3) is 4.78. The molecular formula is C22H19NO6S2. The topological polar surface area (TPSA) is 104 Å². The number of nitrogens with zero attached hydrogens (tertiary/aromatic N) is 1. The predicted molar refractivity (Wildman–Crippen MR) is 123 cm³/mol. The van der Waals surface area contributed by atoms with E-state index in [1.54, 1.807) is 30.3 Å². The maximum absolute atomic E-state index is 13.0. The average molecular weight is 458 g/mol. The van der Waals surface area contributed by atoms with Gasteiger partial charge in [-0.05, 0) is 43.7 Å². The van der Waals surface area contributed by atoms with Crippen molar-refractivity contribution in [3.8, 4) is 11.5 Å². The van der Waals surface area contributed by atoms with Crippen LogP contribution < -0.4 is 9.64 Å². The van der Waals surface area contributed by atoms with E-state index in [2.05, 4.69) is 0 Å². The van der Waals surface area contributed by atoms with Crippen LogP contribution in [0.2, 0.25) is 0 Å². The van der Waals surface area contributed by atoms with Crippen molar-refractivity contribution < 1.29 is 29.3 Å². The predicted octanol–water partition coefficient (Wildman–Crippen LogP) is 4.24. The average Bonchev–Trinajstić information content (AvgIpc) is 3.00. The number of hydrogen-bond donors (Lipinski definition) is 2. The summed E-state index contributed by atoms with van der Waals surface area (Å²) < 4.78 is 6.07. The molecule has 1 aliphatic heterocycles. The fourth-order valence-corrected chi connectivity index (χ4v) is 4.27. The van der Waals surface area contributed by atoms with E-state index in [0.717, 1.165) is 11.8 Å². The second-order valence-electron chi connectivity index (χ2n) is 6.69. The standard InChI is InChI=1S/C22H19NO6S2/c1-3-17(12(2)24)29-18-7-5-4-6-13(18)10-19-20(26)23(22(30)31-19)14-8-9-16(25)15(11-14)21(27)28/h4-11,17,25H,3H2,1-2H3,(H,27,28)/b19-10-. The molecule has 2 N–H and O–H groups in total. The van der Waals surface area contributed by atoms with Crippen LogP contribution in [-0.2, 0) is 9.59 Å². The lowest BCUT2D eigenvalue weighted by molar-refractivity contribution is -0.123. The molecule has 1 unspecified atom stereocenters. The monoisotopic (exact) mass is 457 g/mol. The summed E-state index contributed by atoms with van der Waals surface area (Å²) in [6.45, 7) is 3.31. The van der Waals surface area contributed by atoms with Gasteiger partial charge in [0, 0.05) is 5.56 Å². The fourth-order valence-electron chi connectivity index (χ4n) is 2.98. The quantitative estimate of drug-likeness (QED) is 0.470. The lowest BCUT2D eigenvalue weighted by Crippen LogP contribution is -2.27. The van der Waals surface area contributed by atoms with Gasteiger partial charge < -0.3 is 14.9 Å². The zero-order chi connectivity index (χ0) is 22.7. The first-order chi connectivity index (χ1) is 14.7. The van der Waals surface area contributed by atoms with Crippen molar-refractivity contribution in [3.05, 3.63) is 58.5 Å². The highest BCUT2D eigenvalue weighted by Gasteiger charge is 2.34. The van der Waals surface area contributed by atoms with Gasteiger partial charge in [0.1, 0.15) is 17.1 Å². The maximum Gasteiger partial charge on any atom is 0.339 e. The molecule has 2 aromatic rings. The number of ether oxygens (including phenoxy) is 1. The Kier molecular flexibility index (Phi) is 6.77. The number of anilines is 1. The van der Waals surface area contributed by atoms with Gasteiger partial charge in [-0.25, -0.2) is 4.79 Å². The number of para-hydroxylation sites is 1. The number of carbonyl (C=O) groups excluding carboxylic acids is 2. The highest BCUT2D eigenvalue weighted by Crippen LogP contribution is 2.38. The van der Waals surface area contributed by atoms with Gasteiger partial charge in [0.2, 0.25) is 0 Å². The first-order valence-corrected chi connectivity index (χ1v) is 10.6. The summed E-state index contributed by atoms with van der Waals surface area (Å²) in [5, 5.41) is 18.9. The Morgan fingerprint density at radius 1 is 1.26 bits per heavy atom. The van der Waals surface area contributed by atoms with E-state index < -0.39 is 23.7 Å². The second kappa shape index (κ2) is 9.32. The zero-order valence-electron chi connectivity index (χ0n) is 16.7. The molecule has 1 aliphatic rings. The Labute approximate surface area is 188 Å². The summed E-state index contributed by atoms with van der Waals surface area (Å²) in [5.74, 6) is -1.77. The molecule has 1 fully saturated rings. The van der Waals surface area contributed by atoms with Crippen molar-refractivity contribution in [2.75, 3.05) is 4.90 Å². The van der Waals surface area contributed by atoms with Crippen molar-refractivity contribution in [1.29, 1.82) is 0 Å². The van der Waals surface area contributed by atoms with Crippen LogP contribution in [0.4, 0.5) is 5.69 Å². The van der Waals surface area contributed by atoms with Crippen LogP contribution in [0.3, 0.4) is 0 Å². The Hall–Kier alpha value is -3.17. The number of thiocarbonyl (C=S) groups is 1. The largest absolute Gasteiger partial charge is 0.507 e. The van der Waals surface area contributed by atoms with E-state index in [4.69, 9.17) is 17.0 Å². The van der Waals surface area contributed by atoms with Crippen molar-refractivity contribution >= 4 is 57.7 Å². The van der Waals surface area contributed by atoms with Gasteiger partial charge in [0.25, 0.3) is 5.91 Å². The van der Waals surface area contributed by atoms with Crippen LogP contribution in [0.1, 0.15) is 36.2 Å². The van der Waals surface area contributed by atoms with Crippen LogP contribution in [-0.4, -0.2) is 38.3 Å². The fraction of sp³-hybridized carbons (Fsp3) is 0.182. The Morgan fingerprint density at radius 2 is 1.97 bits per heavy atom. The molecule has 9 heteroatoms. The number of rotatable bonds is 7. The number of amides is 1. The third-order valence-electron chi connectivity index (χ3n) is 4.56. The SMILES string of the molecule is CCC(Oc1ccccc1/C=C1\SC(=S)N(c2ccc(O)c(C(=O)O)c2)C1=O)C(C)=O. The number of thioether (sulfide) groups is 1. The molecule has 0 aliphatic carbocycles. The van der Waals surface area contributed by atoms with E-state index in [-0.39, 0.29) is 21.4 Å². The first kappa shape index (κ1) is 22.5. The summed E-state index contributed by atoms with van der Waals surface area (Å²) in [7, 11) is 0. The molecule has 3 rings (SSSR count). The van der Waals surface area contributed by atoms with Crippen LogP contribution in [0, 0.1) is 0 Å². The normalized spacial score (nSPS) is 15.9. The Balaban J connectivity index is 1.94. The van der Waals surface area contributed by atoms with Crippen molar-refractivity contribution in [2.24, 2.45) is 0 Å². The smallest absolute Gasteiger partial charge is 0.339 e. The number of benzene rings is 2. The summed E-state index contributed by atoms with van der Waals surface area (Å²) in [4.78, 5) is 37.6. The molecule has 1 heterocycles. The third-order valence-corrected chi connectivity index (χ3v) is 5.86. The van der Waals surface area contributed by atoms with Gasteiger partial charge in [0.05, 0.1) is 10.6 Å². The highest BCUT2D eigenvalue weighted by molar-refractivity contribution is 8.27. The lowest BCUT2D eigenvalue weighted by atomic mass is 10.1. The molecule has 1 amide bonds. The van der Waals surface area contributed by atoms with Gasteiger partial charge in [-0.1, -0.05) is 49.1 Å². The molecular weight excluding hydrogens is 438 g/mol. The molecule has 160 valence electrons. The number of carboxylic acid groups (broad SMARTS) is 1. The van der Waals surface area contributed by atoms with Crippen molar-refractivity contribution in [2.45, 2.75) is 26.4 Å². The number of phenols is 1. The molecule has 0 radical (unpaired) electrons. The van der Waals surface area contributed by atoms with E-state index in [1.807, 2.05) is 6.92 Å². The van der Waals surface area contributed by atoms with E-state index in [0.29, 0.717) is 22.6 Å². The molecule has 2 aromatic carbocycles. The van der Waals surface area contributed by atoms with E-state index in [9.17, 15) is 24.6 Å². The van der Waals surface area contributed by atoms with Crippen LogP contribution in [0.25, 0.3) is 6.08 Å². The minimum absolute atomic E-state index is 0.0924. The maximum atomic E-state index is 13.0. The van der Waals surface area contributed by atoms with Gasteiger partial charge in [-0.15, -0.1) is 0 Å². The van der Waals surface area contributed by atoms with Crippen LogP contribution in [0.15, 0.2) is 47.4 Å². The van der Waals surface area contributed by atoms with Crippen LogP contribution >= 0.6 is 24.0 Å². The molecule has 31 heavy (non-hydrogen) atoms. The molecule has 0 aromatic heterocycles. The number of aromatic hydroxyl groups is 1. The van der Waals surface area contributed by atoms with E-state index >= 15 is 0 Å². The summed E-state index contributed by atoms with van der Waals surface area (Å²) >= 11 is 6.40. The molecule has 7 nitrogen and oxygen atoms in total. The molecule has 1 atom stereocenters. The Morgan fingerprint density at radius 3 is 2.61 bits per heavy atom. The van der Waals surface area contributed by atoms with Gasteiger partial charge in [-0.3, -0.25) is 14.5 Å². The molecule has 0 bridgehead atoms. The number of carboxylic acids is 1. The number of carbonyl (C=O) groups is 3. The number of ketones is 1. The van der Waals surface area contributed by atoms with Crippen molar-refractivity contribution in [3.63, 3.8) is 0 Å². The van der Waals surface area contributed by atoms with Crippen molar-refractivity contribution in [1.82, 2.24) is 0 Å². The first-order valence-electron chi connectivity index (χ1n) is 9.33. The lowest BCUT2D eigenvalue weighted by Gasteiger charge is -2.16. The van der Waals surface area contributed by atoms with Gasteiger partial charge in [-0.2, -0.15) is 0 Å². The number of Topliss-reactive ketones (excluding diaryl/α,β-unsaturated/α-hetero) is 1. The highest BCUT2D eigenvalue weighted by atomic mass is 32.2. The summed E-state index contributed by atoms with van der Waals surface area (Å²) in [6, 6.07) is 10.9. The van der Waals surface area contributed by atoms with Gasteiger partial charge >= 0.3 is 5.97 Å². The summed E-state index contributed by atoms with van der Waals surface area (Å²) in [5.41, 5.74) is 0.525. The zero-order valence-corrected chi connectivity index (χ0v) is 18.3. The number of aromatic carboxylic acids is 1. The minimum atomic E-state index is -1.32. The van der Waals surface area contributed by atoms with Crippen LogP contribution in [0.5, 0.6) is 11.5 Å². The van der Waals surface area contributed by atoms with Gasteiger partial charge in [0.15, 0.2) is 16.2 Å².